The number of nitrogens with zero attached hydrogens (tertiary/aromatic N) is 1. The normalized spacial score (nSPS) is 18.5. The first kappa shape index (κ1) is 16.7. The van der Waals surface area contributed by atoms with E-state index in [9.17, 15) is 4.79 Å². The number of ether oxygens (including phenoxy) is 2. The zero-order valence-corrected chi connectivity index (χ0v) is 14.2. The second kappa shape index (κ2) is 7.64. The van der Waals surface area contributed by atoms with Crippen molar-refractivity contribution in [3.8, 4) is 5.75 Å². The third kappa shape index (κ3) is 3.52. The standard InChI is InChI=1S/C19H24N2O3/c1-3-21-10-11-24-18(13-21)19(22)20-12-16-15-7-5-4-6-14(15)8-9-17(16)23-2/h4-9,18H,3,10-13H2,1-2H3,(H,20,22)/t18-/m1/s1. The molecule has 1 N–H and O–H groups in total. The molecule has 0 aromatic heterocycles. The van der Waals surface area contributed by atoms with E-state index >= 15 is 0 Å². The molecule has 5 nitrogen and oxygen atoms in total. The summed E-state index contributed by atoms with van der Waals surface area (Å²) in [5.74, 6) is 0.719. The van der Waals surface area contributed by atoms with Gasteiger partial charge in [-0.15, -0.1) is 0 Å². The molecule has 2 aromatic carbocycles. The average molecular weight is 328 g/mol. The van der Waals surface area contributed by atoms with Crippen LogP contribution in [0.3, 0.4) is 0 Å². The smallest absolute Gasteiger partial charge is 0.250 e. The van der Waals surface area contributed by atoms with Gasteiger partial charge in [0.25, 0.3) is 5.91 Å². The monoisotopic (exact) mass is 328 g/mol. The van der Waals surface area contributed by atoms with Crippen molar-refractivity contribution in [2.24, 2.45) is 0 Å². The van der Waals surface area contributed by atoms with Crippen LogP contribution in [0.1, 0.15) is 12.5 Å². The first-order valence-corrected chi connectivity index (χ1v) is 8.39. The molecule has 1 aliphatic heterocycles. The molecule has 0 saturated carbocycles. The Balaban J connectivity index is 1.74. The summed E-state index contributed by atoms with van der Waals surface area (Å²) in [5.41, 5.74) is 0.993. The van der Waals surface area contributed by atoms with Crippen LogP contribution in [0.15, 0.2) is 36.4 Å². The molecule has 1 fully saturated rings. The maximum absolute atomic E-state index is 12.5. The van der Waals surface area contributed by atoms with E-state index in [1.807, 2.05) is 24.3 Å². The van der Waals surface area contributed by atoms with Crippen LogP contribution in [0.2, 0.25) is 0 Å². The van der Waals surface area contributed by atoms with Gasteiger partial charge in [0.1, 0.15) is 11.9 Å². The Bertz CT molecular complexity index is 717. The molecule has 24 heavy (non-hydrogen) atoms. The zero-order valence-electron chi connectivity index (χ0n) is 14.2. The van der Waals surface area contributed by atoms with Crippen LogP contribution in [-0.4, -0.2) is 50.3 Å². The van der Waals surface area contributed by atoms with Gasteiger partial charge in [0.15, 0.2) is 0 Å². The fraction of sp³-hybridized carbons (Fsp3) is 0.421. The number of hydrogen-bond acceptors (Lipinski definition) is 4. The van der Waals surface area contributed by atoms with Crippen LogP contribution >= 0.6 is 0 Å². The second-order valence-electron chi connectivity index (χ2n) is 5.94. The lowest BCUT2D eigenvalue weighted by Crippen LogP contribution is -2.49. The molecule has 0 spiro atoms. The van der Waals surface area contributed by atoms with Crippen molar-refractivity contribution in [3.63, 3.8) is 0 Å². The molecular weight excluding hydrogens is 304 g/mol. The maximum Gasteiger partial charge on any atom is 0.250 e. The largest absolute Gasteiger partial charge is 0.496 e. The van der Waals surface area contributed by atoms with Crippen molar-refractivity contribution in [1.29, 1.82) is 0 Å². The Morgan fingerprint density at radius 3 is 2.96 bits per heavy atom. The number of carbonyl (C=O) groups is 1. The van der Waals surface area contributed by atoms with Gasteiger partial charge < -0.3 is 14.8 Å². The molecule has 1 heterocycles. The number of rotatable bonds is 5. The number of amides is 1. The summed E-state index contributed by atoms with van der Waals surface area (Å²) in [6, 6.07) is 12.1. The van der Waals surface area contributed by atoms with Crippen LogP contribution in [0.25, 0.3) is 10.8 Å². The van der Waals surface area contributed by atoms with Crippen LogP contribution in [0, 0.1) is 0 Å². The molecule has 0 unspecified atom stereocenters. The minimum absolute atomic E-state index is 0.0665. The number of hydrogen-bond donors (Lipinski definition) is 1. The van der Waals surface area contributed by atoms with Crippen LogP contribution in [0.4, 0.5) is 0 Å². The van der Waals surface area contributed by atoms with Gasteiger partial charge >= 0.3 is 0 Å². The van der Waals surface area contributed by atoms with Crippen molar-refractivity contribution in [1.82, 2.24) is 10.2 Å². The number of carbonyl (C=O) groups excluding carboxylic acids is 1. The molecule has 1 aliphatic rings. The Hall–Kier alpha value is -2.11. The molecule has 0 bridgehead atoms. The van der Waals surface area contributed by atoms with Gasteiger partial charge in [-0.2, -0.15) is 0 Å². The van der Waals surface area contributed by atoms with Gasteiger partial charge in [0.2, 0.25) is 0 Å². The molecule has 1 saturated heterocycles. The van der Waals surface area contributed by atoms with E-state index in [0.29, 0.717) is 19.7 Å². The third-order valence-corrected chi connectivity index (χ3v) is 4.55. The average Bonchev–Trinajstić information content (AvgIpc) is 2.65. The molecular formula is C19H24N2O3. The number of nitrogens with one attached hydrogen (secondary N) is 1. The highest BCUT2D eigenvalue weighted by Crippen LogP contribution is 2.27. The van der Waals surface area contributed by atoms with E-state index in [1.54, 1.807) is 7.11 Å². The van der Waals surface area contributed by atoms with E-state index in [0.717, 1.165) is 35.2 Å². The van der Waals surface area contributed by atoms with Gasteiger partial charge in [-0.3, -0.25) is 9.69 Å². The number of morpholine rings is 1. The van der Waals surface area contributed by atoms with Crippen molar-refractivity contribution in [2.45, 2.75) is 19.6 Å². The molecule has 3 rings (SSSR count). The number of likely N-dealkylation sites (N-methyl/N-ethyl adjacent to an activating group) is 1. The summed E-state index contributed by atoms with van der Waals surface area (Å²) >= 11 is 0. The summed E-state index contributed by atoms with van der Waals surface area (Å²) in [6.45, 7) is 5.59. The van der Waals surface area contributed by atoms with Gasteiger partial charge in [0.05, 0.1) is 13.7 Å². The fourth-order valence-corrected chi connectivity index (χ4v) is 3.13. The lowest BCUT2D eigenvalue weighted by molar-refractivity contribution is -0.138. The highest BCUT2D eigenvalue weighted by molar-refractivity contribution is 5.88. The molecule has 1 atom stereocenters. The highest BCUT2D eigenvalue weighted by atomic mass is 16.5. The minimum Gasteiger partial charge on any atom is -0.496 e. The van der Waals surface area contributed by atoms with E-state index in [-0.39, 0.29) is 5.91 Å². The van der Waals surface area contributed by atoms with Gasteiger partial charge in [-0.25, -0.2) is 0 Å². The van der Waals surface area contributed by atoms with Crippen LogP contribution < -0.4 is 10.1 Å². The van der Waals surface area contributed by atoms with E-state index in [1.165, 1.54) is 0 Å². The zero-order chi connectivity index (χ0) is 16.9. The first-order chi connectivity index (χ1) is 11.7. The predicted octanol–water partition coefficient (Wildman–Crippen LogP) is 2.19. The van der Waals surface area contributed by atoms with E-state index in [2.05, 4.69) is 29.3 Å². The van der Waals surface area contributed by atoms with Crippen LogP contribution in [-0.2, 0) is 16.1 Å². The van der Waals surface area contributed by atoms with Crippen molar-refractivity contribution in [2.75, 3.05) is 33.4 Å². The third-order valence-electron chi connectivity index (χ3n) is 4.55. The molecule has 128 valence electrons. The predicted molar refractivity (Wildman–Crippen MR) is 94.2 cm³/mol. The van der Waals surface area contributed by atoms with Crippen molar-refractivity contribution < 1.29 is 14.3 Å². The van der Waals surface area contributed by atoms with Gasteiger partial charge in [-0.05, 0) is 23.4 Å². The Kier molecular flexibility index (Phi) is 5.33. The summed E-state index contributed by atoms with van der Waals surface area (Å²) in [7, 11) is 1.65. The quantitative estimate of drug-likeness (QED) is 0.914. The molecule has 5 heteroatoms. The molecule has 2 aromatic rings. The lowest BCUT2D eigenvalue weighted by Gasteiger charge is -2.31. The molecule has 1 amide bonds. The van der Waals surface area contributed by atoms with E-state index in [4.69, 9.17) is 9.47 Å². The minimum atomic E-state index is -0.403. The van der Waals surface area contributed by atoms with Crippen LogP contribution in [0.5, 0.6) is 5.75 Å². The van der Waals surface area contributed by atoms with Crippen molar-refractivity contribution >= 4 is 16.7 Å². The number of benzene rings is 2. The summed E-state index contributed by atoms with van der Waals surface area (Å²) in [6.07, 6.45) is -0.403. The summed E-state index contributed by atoms with van der Waals surface area (Å²) < 4.78 is 11.1. The fourth-order valence-electron chi connectivity index (χ4n) is 3.13. The first-order valence-electron chi connectivity index (χ1n) is 8.39. The van der Waals surface area contributed by atoms with Gasteiger partial charge in [-0.1, -0.05) is 37.3 Å². The molecule has 0 aliphatic carbocycles. The Morgan fingerprint density at radius 2 is 2.17 bits per heavy atom. The van der Waals surface area contributed by atoms with Gasteiger partial charge in [0, 0.05) is 25.2 Å². The second-order valence-corrected chi connectivity index (χ2v) is 5.94. The molecule has 0 radical (unpaired) electrons. The lowest BCUT2D eigenvalue weighted by atomic mass is 10.0. The number of methoxy groups -OCH3 is 1. The topological polar surface area (TPSA) is 50.8 Å². The Morgan fingerprint density at radius 1 is 1.33 bits per heavy atom. The van der Waals surface area contributed by atoms with E-state index < -0.39 is 6.10 Å². The summed E-state index contributed by atoms with van der Waals surface area (Å²) in [5, 5.41) is 5.24. The summed E-state index contributed by atoms with van der Waals surface area (Å²) in [4.78, 5) is 14.7. The Labute approximate surface area is 142 Å². The SMILES string of the molecule is CCN1CCO[C@@H](C(=O)NCc2c(OC)ccc3ccccc23)C1. The number of fused-ring (bicyclic) bond motifs is 1. The maximum atomic E-state index is 12.5. The highest BCUT2D eigenvalue weighted by Gasteiger charge is 2.25. The van der Waals surface area contributed by atoms with Crippen molar-refractivity contribution in [3.05, 3.63) is 42.0 Å².